The first kappa shape index (κ1) is 25.5. The van der Waals surface area contributed by atoms with Crippen LogP contribution in [-0.4, -0.2) is 33.3 Å². The summed E-state index contributed by atoms with van der Waals surface area (Å²) >= 11 is 0. The van der Waals surface area contributed by atoms with Crippen LogP contribution in [0, 0.1) is 17.2 Å². The Balaban J connectivity index is 1.74. The Labute approximate surface area is 208 Å². The number of piperidine rings is 1. The Morgan fingerprint density at radius 1 is 1.28 bits per heavy atom. The van der Waals surface area contributed by atoms with Crippen molar-refractivity contribution in [3.05, 3.63) is 76.8 Å². The minimum atomic E-state index is -4.66. The molecule has 5 nitrogen and oxygen atoms in total. The molecule has 0 atom stereocenters. The number of carbonyl (C=O) groups is 1. The quantitative estimate of drug-likeness (QED) is 0.381. The van der Waals surface area contributed by atoms with Crippen LogP contribution in [0.15, 0.2) is 48.9 Å². The molecule has 0 N–H and O–H groups in total. The molecule has 188 valence electrons. The van der Waals surface area contributed by atoms with Gasteiger partial charge in [0.25, 0.3) is 0 Å². The number of carbonyl (C=O) groups excluding carboxylic acids is 1. The molecular weight excluding hydrogens is 465 g/mol. The second-order valence-corrected chi connectivity index (χ2v) is 9.75. The van der Waals surface area contributed by atoms with Crippen LogP contribution >= 0.6 is 0 Å². The van der Waals surface area contributed by atoms with Gasteiger partial charge >= 0.3 is 6.18 Å². The molecule has 36 heavy (non-hydrogen) atoms. The Kier molecular flexibility index (Phi) is 6.94. The van der Waals surface area contributed by atoms with Gasteiger partial charge in [-0.2, -0.15) is 18.4 Å². The fourth-order valence-electron chi connectivity index (χ4n) is 5.06. The minimum absolute atomic E-state index is 0.0499. The van der Waals surface area contributed by atoms with E-state index in [-0.39, 0.29) is 33.6 Å². The molecule has 0 radical (unpaired) electrons. The normalized spacial score (nSPS) is 14.9. The van der Waals surface area contributed by atoms with Crippen LogP contribution in [0.2, 0.25) is 0 Å². The molecule has 1 aliphatic heterocycles. The number of halogens is 3. The number of nitrogens with zero attached hydrogens (tertiary/aromatic N) is 4. The molecule has 2 aromatic heterocycles. The van der Waals surface area contributed by atoms with Crippen molar-refractivity contribution in [2.45, 2.75) is 45.2 Å². The van der Waals surface area contributed by atoms with Gasteiger partial charge in [0.05, 0.1) is 17.2 Å². The van der Waals surface area contributed by atoms with E-state index >= 15 is 0 Å². The number of fused-ring (bicyclic) bond motifs is 1. The third-order valence-corrected chi connectivity index (χ3v) is 7.05. The van der Waals surface area contributed by atoms with Gasteiger partial charge in [0.1, 0.15) is 5.65 Å². The molecule has 0 bridgehead atoms. The maximum absolute atomic E-state index is 14.6. The number of allylic oxidation sites excluding steroid dienone is 1. The predicted octanol–water partition coefficient (Wildman–Crippen LogP) is 6.24. The molecule has 1 aliphatic rings. The monoisotopic (exact) mass is 494 g/mol. The lowest BCUT2D eigenvalue weighted by Crippen LogP contribution is -2.33. The van der Waals surface area contributed by atoms with E-state index in [4.69, 9.17) is 5.26 Å². The number of aryl methyl sites for hydroxylation is 1. The topological polar surface area (TPSA) is 61.9 Å². The number of nitriles is 1. The minimum Gasteiger partial charge on any atom is -0.375 e. The first-order valence-corrected chi connectivity index (χ1v) is 12.0. The smallest absolute Gasteiger partial charge is 0.375 e. The third-order valence-electron chi connectivity index (χ3n) is 7.05. The third kappa shape index (κ3) is 4.88. The highest BCUT2D eigenvalue weighted by molar-refractivity contribution is 5.99. The fraction of sp³-hybridized carbons (Fsp3) is 0.393. The molecule has 0 spiro atoms. The summed E-state index contributed by atoms with van der Waals surface area (Å²) < 4.78 is 45.3. The highest BCUT2D eigenvalue weighted by atomic mass is 19.4. The predicted molar refractivity (Wildman–Crippen MR) is 132 cm³/mol. The maximum Gasteiger partial charge on any atom is 0.417 e. The number of Topliss-reactive ketones (excluding diaryl/α,β-unsaturated/α-hetero) is 1. The number of hydrogen-bond donors (Lipinski definition) is 0. The van der Waals surface area contributed by atoms with Crippen molar-refractivity contribution < 1.29 is 18.0 Å². The van der Waals surface area contributed by atoms with Crippen molar-refractivity contribution in [2.24, 2.45) is 13.0 Å². The lowest BCUT2D eigenvalue weighted by molar-refractivity contribution is -0.136. The summed E-state index contributed by atoms with van der Waals surface area (Å²) in [7, 11) is 1.70. The molecule has 1 aromatic carbocycles. The van der Waals surface area contributed by atoms with Gasteiger partial charge in [-0.15, -0.1) is 0 Å². The molecule has 3 heterocycles. The number of likely N-dealkylation sites (tertiary alicyclic amines) is 1. The van der Waals surface area contributed by atoms with Crippen LogP contribution in [0.25, 0.3) is 11.0 Å². The first-order valence-electron chi connectivity index (χ1n) is 12.0. The average molecular weight is 495 g/mol. The van der Waals surface area contributed by atoms with E-state index in [9.17, 15) is 18.0 Å². The van der Waals surface area contributed by atoms with Crippen molar-refractivity contribution >= 4 is 16.8 Å². The van der Waals surface area contributed by atoms with Crippen LogP contribution in [0.4, 0.5) is 13.2 Å². The second kappa shape index (κ2) is 9.81. The average Bonchev–Trinajstić information content (AvgIpc) is 3.18. The summed E-state index contributed by atoms with van der Waals surface area (Å²) in [5, 5.41) is 9.19. The van der Waals surface area contributed by atoms with E-state index in [1.165, 1.54) is 12.1 Å². The van der Waals surface area contributed by atoms with Gasteiger partial charge in [-0.1, -0.05) is 32.6 Å². The maximum atomic E-state index is 14.6. The molecule has 3 aromatic rings. The van der Waals surface area contributed by atoms with Gasteiger partial charge in [0, 0.05) is 55.6 Å². The van der Waals surface area contributed by atoms with E-state index < -0.39 is 23.9 Å². The largest absolute Gasteiger partial charge is 0.417 e. The Bertz CT molecular complexity index is 1360. The van der Waals surface area contributed by atoms with E-state index in [1.54, 1.807) is 29.9 Å². The first-order chi connectivity index (χ1) is 17.0. The van der Waals surface area contributed by atoms with Crippen LogP contribution in [0.1, 0.15) is 65.2 Å². The number of aromatic nitrogens is 2. The van der Waals surface area contributed by atoms with E-state index in [1.807, 2.05) is 6.07 Å². The summed E-state index contributed by atoms with van der Waals surface area (Å²) in [6, 6.07) is 7.95. The van der Waals surface area contributed by atoms with Crippen molar-refractivity contribution in [3.8, 4) is 6.07 Å². The fourth-order valence-corrected chi connectivity index (χ4v) is 5.06. The lowest BCUT2D eigenvalue weighted by atomic mass is 9.86. The standard InChI is InChI=1S/C28H29F3N4O/c1-17(2)18(3)35-10-8-20(9-11-35)23-16-34(4)27-25(23)26(28(29,30)31)22(15-33-27)13-24(36)21-7-5-6-19(12-21)14-32/h5-7,12,15-17,20H,3,8-11,13H2,1-2,4H3. The summed E-state index contributed by atoms with van der Waals surface area (Å²) in [6.45, 7) is 9.80. The molecule has 0 aliphatic carbocycles. The number of hydrogen-bond acceptors (Lipinski definition) is 4. The zero-order chi connectivity index (χ0) is 26.2. The SMILES string of the molecule is C=C(C(C)C)N1CCC(c2cn(C)c3ncc(CC(=O)c4cccc(C#N)c4)c(C(F)(F)F)c23)CC1. The summed E-state index contributed by atoms with van der Waals surface area (Å²) in [5.41, 5.74) is 1.47. The molecule has 4 rings (SSSR count). The Morgan fingerprint density at radius 2 is 1.97 bits per heavy atom. The number of ketones is 1. The molecule has 1 saturated heterocycles. The van der Waals surface area contributed by atoms with E-state index in [0.29, 0.717) is 24.3 Å². The van der Waals surface area contributed by atoms with Crippen molar-refractivity contribution in [1.29, 1.82) is 5.26 Å². The van der Waals surface area contributed by atoms with Gasteiger partial charge in [-0.05, 0) is 47.9 Å². The molecular formula is C28H29F3N4O. The van der Waals surface area contributed by atoms with Crippen LogP contribution in [-0.2, 0) is 19.6 Å². The van der Waals surface area contributed by atoms with Crippen molar-refractivity contribution in [2.75, 3.05) is 13.1 Å². The Hall–Kier alpha value is -3.60. The summed E-state index contributed by atoms with van der Waals surface area (Å²) in [6.07, 6.45) is -0.761. The van der Waals surface area contributed by atoms with Crippen LogP contribution < -0.4 is 0 Å². The van der Waals surface area contributed by atoms with Gasteiger partial charge in [0.15, 0.2) is 5.78 Å². The van der Waals surface area contributed by atoms with E-state index in [0.717, 1.165) is 25.0 Å². The zero-order valence-corrected chi connectivity index (χ0v) is 20.7. The lowest BCUT2D eigenvalue weighted by Gasteiger charge is -2.36. The van der Waals surface area contributed by atoms with Gasteiger partial charge in [-0.25, -0.2) is 4.98 Å². The number of rotatable bonds is 6. The van der Waals surface area contributed by atoms with Gasteiger partial charge in [-0.3, -0.25) is 4.79 Å². The molecule has 0 unspecified atom stereocenters. The highest BCUT2D eigenvalue weighted by Gasteiger charge is 2.39. The molecule has 8 heteroatoms. The summed E-state index contributed by atoms with van der Waals surface area (Å²) in [5.74, 6) is -0.225. The number of benzene rings is 1. The molecule has 0 amide bonds. The van der Waals surface area contributed by atoms with Crippen LogP contribution in [0.3, 0.4) is 0 Å². The number of alkyl halides is 3. The Morgan fingerprint density at radius 3 is 2.58 bits per heavy atom. The summed E-state index contributed by atoms with van der Waals surface area (Å²) in [4.78, 5) is 19.5. The van der Waals surface area contributed by atoms with Crippen molar-refractivity contribution in [1.82, 2.24) is 14.5 Å². The molecule has 1 fully saturated rings. The highest BCUT2D eigenvalue weighted by Crippen LogP contribution is 2.43. The van der Waals surface area contributed by atoms with E-state index in [2.05, 4.69) is 30.3 Å². The molecule has 0 saturated carbocycles. The second-order valence-electron chi connectivity index (χ2n) is 9.75. The van der Waals surface area contributed by atoms with Crippen LogP contribution in [0.5, 0.6) is 0 Å². The van der Waals surface area contributed by atoms with Gasteiger partial charge < -0.3 is 9.47 Å². The van der Waals surface area contributed by atoms with Gasteiger partial charge in [0.2, 0.25) is 0 Å². The zero-order valence-electron chi connectivity index (χ0n) is 20.7. The van der Waals surface area contributed by atoms with Crippen molar-refractivity contribution in [3.63, 3.8) is 0 Å². The number of pyridine rings is 1.